The normalized spacial score (nSPS) is 17.9. The Kier molecular flexibility index (Phi) is 13.3. The van der Waals surface area contributed by atoms with Crippen LogP contribution >= 0.6 is 23.1 Å². The number of ether oxygens (including phenoxy) is 1. The summed E-state index contributed by atoms with van der Waals surface area (Å²) in [6.45, 7) is 12.0. The number of pyridine rings is 1. The highest BCUT2D eigenvalue weighted by molar-refractivity contribution is 9.10. The molecule has 0 bridgehead atoms. The van der Waals surface area contributed by atoms with Gasteiger partial charge in [-0.2, -0.15) is 4.98 Å². The number of para-hydroxylation sites is 1. The van der Waals surface area contributed by atoms with Crippen LogP contribution in [0.3, 0.4) is 0 Å². The molecule has 19 heteroatoms. The van der Waals surface area contributed by atoms with Gasteiger partial charge >= 0.3 is 5.69 Å². The molecule has 352 valence electrons. The highest BCUT2D eigenvalue weighted by Crippen LogP contribution is 2.42. The molecule has 3 fully saturated rings. The third-order valence-corrected chi connectivity index (χ3v) is 15.7. The second-order valence-electron chi connectivity index (χ2n) is 18.0. The van der Waals surface area contributed by atoms with Crippen LogP contribution in [0.15, 0.2) is 70.2 Å². The fraction of sp³-hybridized carbons (Fsp3) is 0.417. The number of anilines is 5. The van der Waals surface area contributed by atoms with Crippen LogP contribution < -0.4 is 36.6 Å². The molecule has 3 saturated heterocycles. The van der Waals surface area contributed by atoms with Crippen molar-refractivity contribution >= 4 is 91.0 Å². The van der Waals surface area contributed by atoms with Gasteiger partial charge in [0.15, 0.2) is 0 Å². The summed E-state index contributed by atoms with van der Waals surface area (Å²) in [6, 6.07) is 14.6. The molecular formula is C48H56BrFN11O5P. The van der Waals surface area contributed by atoms with Gasteiger partial charge in [0.05, 0.1) is 40.2 Å². The minimum Gasteiger partial charge on any atom is -0.494 e. The van der Waals surface area contributed by atoms with E-state index in [-0.39, 0.29) is 24.3 Å². The van der Waals surface area contributed by atoms with Gasteiger partial charge in [0.1, 0.15) is 36.1 Å². The zero-order valence-electron chi connectivity index (χ0n) is 38.4. The molecular weight excluding hydrogens is 940 g/mol. The smallest absolute Gasteiger partial charge is 0.329 e. The van der Waals surface area contributed by atoms with Crippen LogP contribution in [-0.4, -0.2) is 118 Å². The summed E-state index contributed by atoms with van der Waals surface area (Å²) in [5, 5.41) is 10.6. The van der Waals surface area contributed by atoms with Gasteiger partial charge in [-0.05, 0) is 90.7 Å². The Morgan fingerprint density at radius 1 is 0.910 bits per heavy atom. The van der Waals surface area contributed by atoms with E-state index in [1.807, 2.05) is 24.3 Å². The number of aryl methyl sites for hydroxylation is 2. The summed E-state index contributed by atoms with van der Waals surface area (Å²) < 4.78 is 38.2. The Hall–Kier alpha value is -5.68. The van der Waals surface area contributed by atoms with Gasteiger partial charge in [-0.3, -0.25) is 33.9 Å². The van der Waals surface area contributed by atoms with E-state index >= 15 is 4.39 Å². The first-order valence-corrected chi connectivity index (χ1v) is 26.3. The number of piperidine rings is 2. The number of imide groups is 1. The van der Waals surface area contributed by atoms with Crippen molar-refractivity contribution in [2.24, 2.45) is 7.05 Å². The molecule has 6 aromatic rings. The summed E-state index contributed by atoms with van der Waals surface area (Å²) in [5.74, 6) is 0.0229. The van der Waals surface area contributed by atoms with Crippen LogP contribution in [-0.2, 0) is 34.0 Å². The van der Waals surface area contributed by atoms with E-state index < -0.39 is 30.6 Å². The molecule has 6 heterocycles. The molecule has 0 radical (unpaired) electrons. The second-order valence-corrected chi connectivity index (χ2v) is 22.0. The van der Waals surface area contributed by atoms with Crippen molar-refractivity contribution in [2.45, 2.75) is 57.5 Å². The topological polar surface area (TPSA) is 172 Å². The highest BCUT2D eigenvalue weighted by Gasteiger charge is 2.34. The zero-order valence-corrected chi connectivity index (χ0v) is 40.9. The lowest BCUT2D eigenvalue weighted by atomic mass is 9.99. The molecule has 3 aliphatic heterocycles. The molecule has 3 aromatic carbocycles. The van der Waals surface area contributed by atoms with Gasteiger partial charge in [-0.25, -0.2) is 14.2 Å². The first kappa shape index (κ1) is 46.4. The number of nitrogens with zero attached hydrogens (tertiary/aromatic N) is 8. The quantitative estimate of drug-likeness (QED) is 0.0827. The number of piperazine rings is 1. The summed E-state index contributed by atoms with van der Waals surface area (Å²) in [6.07, 6.45) is 7.16. The van der Waals surface area contributed by atoms with Crippen molar-refractivity contribution in [2.75, 3.05) is 81.8 Å². The molecule has 3 aromatic heterocycles. The number of halogens is 2. The third kappa shape index (κ3) is 9.33. The third-order valence-electron chi connectivity index (χ3n) is 13.5. The predicted molar refractivity (Wildman–Crippen MR) is 265 cm³/mol. The van der Waals surface area contributed by atoms with Crippen LogP contribution in [0.25, 0.3) is 21.9 Å². The van der Waals surface area contributed by atoms with Crippen molar-refractivity contribution in [3.05, 3.63) is 92.8 Å². The highest BCUT2D eigenvalue weighted by atomic mass is 79.9. The van der Waals surface area contributed by atoms with Crippen molar-refractivity contribution in [1.29, 1.82) is 0 Å². The number of carbonyl (C=O) groups is 2. The largest absolute Gasteiger partial charge is 0.494 e. The number of aromatic nitrogens is 5. The first-order valence-electron chi connectivity index (χ1n) is 22.9. The minimum absolute atomic E-state index is 0.0957. The SMILES string of the molecule is CCc1cc(Nc2ncc(Br)c(Nc3cnc4ccccc4c3P(C)(C)=O)n2)c(OC)cc1N1CCC(N2CCN(CCc3ccc(F)c4c3n(C)c(=O)n4C3CCC(=O)NC3=O)CC2)CC1. The Labute approximate surface area is 396 Å². The van der Waals surface area contributed by atoms with Gasteiger partial charge < -0.3 is 29.7 Å². The van der Waals surface area contributed by atoms with E-state index in [0.717, 1.165) is 92.9 Å². The van der Waals surface area contributed by atoms with E-state index in [0.29, 0.717) is 51.0 Å². The lowest BCUT2D eigenvalue weighted by Crippen LogP contribution is -2.53. The van der Waals surface area contributed by atoms with E-state index in [1.165, 1.54) is 20.8 Å². The number of benzene rings is 3. The average Bonchev–Trinajstić information content (AvgIpc) is 3.59. The van der Waals surface area contributed by atoms with E-state index in [1.54, 1.807) is 45.9 Å². The Morgan fingerprint density at radius 2 is 1.67 bits per heavy atom. The maximum Gasteiger partial charge on any atom is 0.329 e. The van der Waals surface area contributed by atoms with Crippen molar-refractivity contribution < 1.29 is 23.3 Å². The van der Waals surface area contributed by atoms with Crippen LogP contribution in [0.5, 0.6) is 5.75 Å². The monoisotopic (exact) mass is 995 g/mol. The number of imidazole rings is 1. The molecule has 0 spiro atoms. The number of nitrogens with one attached hydrogen (secondary N) is 3. The van der Waals surface area contributed by atoms with Crippen LogP contribution in [0.4, 0.5) is 33.2 Å². The Bertz CT molecular complexity index is 3000. The number of carbonyl (C=O) groups excluding carboxylic acids is 2. The van der Waals surface area contributed by atoms with Gasteiger partial charge in [-0.15, -0.1) is 0 Å². The molecule has 3 aliphatic rings. The number of hydrogen-bond donors (Lipinski definition) is 3. The van der Waals surface area contributed by atoms with Crippen molar-refractivity contribution in [3.8, 4) is 5.75 Å². The van der Waals surface area contributed by atoms with Crippen LogP contribution in [0, 0.1) is 5.82 Å². The minimum atomic E-state index is -2.73. The van der Waals surface area contributed by atoms with Crippen LogP contribution in [0.1, 0.15) is 49.8 Å². The van der Waals surface area contributed by atoms with Gasteiger partial charge in [0, 0.05) is 94.0 Å². The molecule has 16 nitrogen and oxygen atoms in total. The molecule has 1 unspecified atom stereocenters. The molecule has 0 aliphatic carbocycles. The number of rotatable bonds is 13. The Balaban J connectivity index is 0.822. The summed E-state index contributed by atoms with van der Waals surface area (Å²) in [7, 11) is 0.555. The first-order chi connectivity index (χ1) is 32.2. The van der Waals surface area contributed by atoms with Crippen LogP contribution in [0.2, 0.25) is 0 Å². The van der Waals surface area contributed by atoms with Gasteiger partial charge in [-0.1, -0.05) is 31.2 Å². The summed E-state index contributed by atoms with van der Waals surface area (Å²) in [4.78, 5) is 59.4. The zero-order chi connectivity index (χ0) is 47.1. The van der Waals surface area contributed by atoms with E-state index in [9.17, 15) is 18.9 Å². The lowest BCUT2D eigenvalue weighted by Gasteiger charge is -2.43. The van der Waals surface area contributed by atoms with E-state index in [4.69, 9.17) is 9.72 Å². The molecule has 2 amide bonds. The molecule has 9 rings (SSSR count). The van der Waals surface area contributed by atoms with E-state index in [2.05, 4.69) is 75.6 Å². The Morgan fingerprint density at radius 3 is 2.39 bits per heavy atom. The second kappa shape index (κ2) is 19.1. The average molecular weight is 997 g/mol. The number of amides is 2. The fourth-order valence-corrected chi connectivity index (χ4v) is 11.8. The van der Waals surface area contributed by atoms with Crippen molar-refractivity contribution in [3.63, 3.8) is 0 Å². The maximum atomic E-state index is 15.4. The number of fused-ring (bicyclic) bond motifs is 2. The maximum absolute atomic E-state index is 15.4. The molecule has 67 heavy (non-hydrogen) atoms. The summed E-state index contributed by atoms with van der Waals surface area (Å²) in [5.41, 5.74) is 5.49. The number of hydrogen-bond acceptors (Lipinski definition) is 13. The predicted octanol–water partition coefficient (Wildman–Crippen LogP) is 6.69. The molecule has 3 N–H and O–H groups in total. The molecule has 0 saturated carbocycles. The summed E-state index contributed by atoms with van der Waals surface area (Å²) >= 11 is 3.60. The fourth-order valence-electron chi connectivity index (χ4n) is 10.1. The van der Waals surface area contributed by atoms with Gasteiger partial charge in [0.2, 0.25) is 17.8 Å². The lowest BCUT2D eigenvalue weighted by molar-refractivity contribution is -0.135. The molecule has 1 atom stereocenters. The van der Waals surface area contributed by atoms with Gasteiger partial charge in [0.25, 0.3) is 0 Å². The van der Waals surface area contributed by atoms with Crippen molar-refractivity contribution in [1.82, 2.24) is 39.2 Å². The standard InChI is InChI=1S/C48H56BrFN11O5P/c1-6-29-25-36(54-47-52-27-33(49)45(56-47)53-37-28-51-35-10-8-7-9-32(35)44(37)67(4,5)65)40(66-3)26-39(29)60-19-16-31(17-20-60)59-23-21-58(22-24-59)18-15-30-11-12-34(50)43-42(30)57(2)48(64)61(43)38-13-14-41(62)55-46(38)63/h7-12,25-28,31,38H,6,13-24H2,1-5H3,(H,55,62,63)(H2,52,53,54,56). The number of methoxy groups -OCH3 is 1.